The van der Waals surface area contributed by atoms with Crippen molar-refractivity contribution < 1.29 is 33.2 Å². The molecule has 2 heterocycles. The van der Waals surface area contributed by atoms with Gasteiger partial charge in [-0.05, 0) is 19.1 Å². The molecule has 0 amide bonds. The minimum atomic E-state index is -0.500. The van der Waals surface area contributed by atoms with Crippen LogP contribution in [0.15, 0.2) is 24.3 Å². The number of carbonyl (C=O) groups excluding carboxylic acids is 1. The topological polar surface area (TPSA) is 72.5 Å². The van der Waals surface area contributed by atoms with Crippen molar-refractivity contribution in [2.24, 2.45) is 11.8 Å². The van der Waals surface area contributed by atoms with Gasteiger partial charge in [0, 0.05) is 18.6 Å². The molecule has 3 fully saturated rings. The van der Waals surface area contributed by atoms with Crippen molar-refractivity contribution in [3.63, 3.8) is 0 Å². The van der Waals surface area contributed by atoms with E-state index >= 15 is 0 Å². The van der Waals surface area contributed by atoms with E-state index in [1.165, 1.54) is 0 Å². The first-order chi connectivity index (χ1) is 12.7. The molecule has 4 rings (SSSR count). The van der Waals surface area contributed by atoms with Crippen LogP contribution in [-0.2, 0) is 28.5 Å². The van der Waals surface area contributed by atoms with Crippen molar-refractivity contribution in [3.05, 3.63) is 29.8 Å². The van der Waals surface area contributed by atoms with Crippen LogP contribution in [0.2, 0.25) is 0 Å². The molecule has 1 unspecified atom stereocenters. The molecule has 1 aromatic rings. The van der Waals surface area contributed by atoms with Gasteiger partial charge in [-0.2, -0.15) is 0 Å². The normalized spacial score (nSPS) is 38.0. The molecule has 0 spiro atoms. The van der Waals surface area contributed by atoms with Gasteiger partial charge < -0.3 is 28.4 Å². The third kappa shape index (κ3) is 2.99. The summed E-state index contributed by atoms with van der Waals surface area (Å²) in [5.41, 5.74) is 0.902. The summed E-state index contributed by atoms with van der Waals surface area (Å²) in [5, 5.41) is 0. The minimum absolute atomic E-state index is 0.0325. The number of methoxy groups -OCH3 is 2. The van der Waals surface area contributed by atoms with Crippen molar-refractivity contribution in [3.8, 4) is 5.75 Å². The molecule has 0 bridgehead atoms. The summed E-state index contributed by atoms with van der Waals surface area (Å²) in [6.45, 7) is 2.55. The standard InChI is InChI=1S/C19H24O7/c1-4-23-18(20)14-13-16(14)25-12-9-24-19(26-15(12)17(13)22-3)10-5-7-11(21-2)8-6-10/h5-8,12-17,19H,4,9H2,1-3H3/t12-,13+,14?,15-,16+,17-,19-/m1/s1. The van der Waals surface area contributed by atoms with E-state index < -0.39 is 6.29 Å². The predicted molar refractivity (Wildman–Crippen MR) is 89.6 cm³/mol. The second kappa shape index (κ2) is 7.15. The molecular formula is C19H24O7. The Morgan fingerprint density at radius 1 is 1.15 bits per heavy atom. The lowest BCUT2D eigenvalue weighted by Crippen LogP contribution is -2.53. The Kier molecular flexibility index (Phi) is 4.88. The van der Waals surface area contributed by atoms with Crippen LogP contribution in [0, 0.1) is 11.8 Å². The summed E-state index contributed by atoms with van der Waals surface area (Å²) in [4.78, 5) is 12.1. The average molecular weight is 364 g/mol. The summed E-state index contributed by atoms with van der Waals surface area (Å²) < 4.78 is 34.1. The molecule has 7 heteroatoms. The molecule has 0 N–H and O–H groups in total. The highest BCUT2D eigenvalue weighted by Gasteiger charge is 2.67. The van der Waals surface area contributed by atoms with E-state index in [0.717, 1.165) is 11.3 Å². The quantitative estimate of drug-likeness (QED) is 0.737. The summed E-state index contributed by atoms with van der Waals surface area (Å²) in [6, 6.07) is 7.56. The fourth-order valence-electron chi connectivity index (χ4n) is 4.00. The monoisotopic (exact) mass is 364 g/mol. The van der Waals surface area contributed by atoms with E-state index in [9.17, 15) is 4.79 Å². The molecule has 3 aliphatic rings. The van der Waals surface area contributed by atoms with Crippen LogP contribution < -0.4 is 4.74 Å². The highest BCUT2D eigenvalue weighted by atomic mass is 16.7. The second-order valence-corrected chi connectivity index (χ2v) is 6.73. The van der Waals surface area contributed by atoms with Gasteiger partial charge in [-0.1, -0.05) is 12.1 Å². The van der Waals surface area contributed by atoms with Crippen LogP contribution in [-0.4, -0.2) is 57.8 Å². The molecule has 1 aliphatic carbocycles. The summed E-state index contributed by atoms with van der Waals surface area (Å²) in [7, 11) is 3.27. The van der Waals surface area contributed by atoms with Gasteiger partial charge in [0.05, 0.1) is 38.4 Å². The van der Waals surface area contributed by atoms with Crippen molar-refractivity contribution in [2.45, 2.75) is 37.6 Å². The molecule has 26 heavy (non-hydrogen) atoms. The first-order valence-electron chi connectivity index (χ1n) is 8.93. The van der Waals surface area contributed by atoms with E-state index in [0.29, 0.717) is 13.2 Å². The number of ether oxygens (including phenoxy) is 6. The summed E-state index contributed by atoms with van der Waals surface area (Å²) in [6.07, 6.45) is -1.45. The van der Waals surface area contributed by atoms with Gasteiger partial charge in [-0.25, -0.2) is 0 Å². The zero-order valence-corrected chi connectivity index (χ0v) is 15.1. The van der Waals surface area contributed by atoms with Crippen LogP contribution in [0.4, 0.5) is 0 Å². The third-order valence-corrected chi connectivity index (χ3v) is 5.32. The van der Waals surface area contributed by atoms with Gasteiger partial charge in [-0.15, -0.1) is 0 Å². The Labute approximate surface area is 152 Å². The SMILES string of the molecule is CCOC(=O)C1[C@@H]2[C@@H](OC)[C@@H]3O[C@H](c4ccc(OC)cc4)OC[C@H]3O[C@H]12. The number of fused-ring (bicyclic) bond motifs is 2. The molecule has 0 aromatic heterocycles. The predicted octanol–water partition coefficient (Wildman–Crippen LogP) is 1.70. The van der Waals surface area contributed by atoms with E-state index in [1.807, 2.05) is 24.3 Å². The lowest BCUT2D eigenvalue weighted by Gasteiger charge is -2.42. The molecule has 2 saturated heterocycles. The van der Waals surface area contributed by atoms with Gasteiger partial charge >= 0.3 is 5.97 Å². The number of rotatable bonds is 5. The second-order valence-electron chi connectivity index (χ2n) is 6.73. The fraction of sp³-hybridized carbons (Fsp3) is 0.632. The number of esters is 1. The van der Waals surface area contributed by atoms with E-state index in [1.54, 1.807) is 21.1 Å². The fourth-order valence-corrected chi connectivity index (χ4v) is 4.00. The van der Waals surface area contributed by atoms with Gasteiger partial charge in [0.2, 0.25) is 0 Å². The van der Waals surface area contributed by atoms with E-state index in [-0.39, 0.29) is 42.2 Å². The molecular weight excluding hydrogens is 340 g/mol. The van der Waals surface area contributed by atoms with Gasteiger partial charge in [0.1, 0.15) is 18.0 Å². The van der Waals surface area contributed by atoms with E-state index in [4.69, 9.17) is 28.4 Å². The van der Waals surface area contributed by atoms with Crippen LogP contribution >= 0.6 is 0 Å². The van der Waals surface area contributed by atoms with Crippen molar-refractivity contribution in [1.29, 1.82) is 0 Å². The molecule has 7 nitrogen and oxygen atoms in total. The number of hydrogen-bond acceptors (Lipinski definition) is 7. The summed E-state index contributed by atoms with van der Waals surface area (Å²) in [5.74, 6) is 0.232. The lowest BCUT2D eigenvalue weighted by atomic mass is 9.99. The maximum Gasteiger partial charge on any atom is 0.312 e. The summed E-state index contributed by atoms with van der Waals surface area (Å²) >= 11 is 0. The largest absolute Gasteiger partial charge is 0.497 e. The lowest BCUT2D eigenvalue weighted by molar-refractivity contribution is -0.303. The smallest absolute Gasteiger partial charge is 0.312 e. The van der Waals surface area contributed by atoms with Crippen molar-refractivity contribution in [2.75, 3.05) is 27.4 Å². The Hall–Kier alpha value is -1.67. The highest BCUT2D eigenvalue weighted by molar-refractivity contribution is 5.77. The Morgan fingerprint density at radius 2 is 1.92 bits per heavy atom. The number of carbonyl (C=O) groups is 1. The van der Waals surface area contributed by atoms with Gasteiger partial charge in [0.25, 0.3) is 0 Å². The van der Waals surface area contributed by atoms with Gasteiger partial charge in [0.15, 0.2) is 6.29 Å². The van der Waals surface area contributed by atoms with Crippen molar-refractivity contribution in [1.82, 2.24) is 0 Å². The molecule has 0 radical (unpaired) electrons. The Morgan fingerprint density at radius 3 is 2.58 bits per heavy atom. The molecule has 2 aliphatic heterocycles. The molecule has 1 aromatic carbocycles. The van der Waals surface area contributed by atoms with E-state index in [2.05, 4.69) is 0 Å². The Bertz CT molecular complexity index is 646. The highest BCUT2D eigenvalue weighted by Crippen LogP contribution is 2.53. The van der Waals surface area contributed by atoms with Crippen molar-refractivity contribution >= 4 is 5.97 Å². The van der Waals surface area contributed by atoms with Gasteiger partial charge in [-0.3, -0.25) is 4.79 Å². The number of hydrogen-bond donors (Lipinski definition) is 0. The first kappa shape index (κ1) is 17.7. The average Bonchev–Trinajstić information content (AvgIpc) is 3.39. The van der Waals surface area contributed by atoms with Crippen LogP contribution in [0.1, 0.15) is 18.8 Å². The Balaban J connectivity index is 1.48. The number of benzene rings is 1. The van der Waals surface area contributed by atoms with Crippen LogP contribution in [0.5, 0.6) is 5.75 Å². The third-order valence-electron chi connectivity index (χ3n) is 5.32. The maximum atomic E-state index is 12.1. The van der Waals surface area contributed by atoms with Crippen LogP contribution in [0.3, 0.4) is 0 Å². The maximum absolute atomic E-state index is 12.1. The minimum Gasteiger partial charge on any atom is -0.497 e. The molecule has 1 saturated carbocycles. The van der Waals surface area contributed by atoms with Crippen LogP contribution in [0.25, 0.3) is 0 Å². The molecule has 7 atom stereocenters. The molecule has 142 valence electrons. The first-order valence-corrected chi connectivity index (χ1v) is 8.93. The zero-order valence-electron chi connectivity index (χ0n) is 15.1. The zero-order chi connectivity index (χ0) is 18.3.